The highest BCUT2D eigenvalue weighted by molar-refractivity contribution is 5.91. The predicted octanol–water partition coefficient (Wildman–Crippen LogP) is 2.95. The molecule has 110 valence electrons. The van der Waals surface area contributed by atoms with Gasteiger partial charge in [0.1, 0.15) is 0 Å². The number of hydroxylamine groups is 2. The summed E-state index contributed by atoms with van der Waals surface area (Å²) in [5.41, 5.74) is -1.27. The molecule has 0 N–H and O–H groups in total. The van der Waals surface area contributed by atoms with Gasteiger partial charge in [0.15, 0.2) is 0 Å². The molecule has 0 fully saturated rings. The molecule has 0 atom stereocenters. The smallest absolute Gasteiger partial charge is 0.332 e. The number of benzene rings is 1. The lowest BCUT2D eigenvalue weighted by atomic mass is 10.1. The lowest BCUT2D eigenvalue weighted by Gasteiger charge is -2.33. The number of nitrogens with zero attached hydrogens (tertiary/aromatic N) is 1. The Morgan fingerprint density at radius 1 is 1.05 bits per heavy atom. The molecule has 0 unspecified atom stereocenters. The summed E-state index contributed by atoms with van der Waals surface area (Å²) in [5, 5.41) is 0.0440. The molecular weight excluding hydrogens is 275 g/mol. The van der Waals surface area contributed by atoms with E-state index < -0.39 is 23.6 Å². The van der Waals surface area contributed by atoms with E-state index in [-0.39, 0.29) is 10.6 Å². The minimum absolute atomic E-state index is 0.0440. The summed E-state index contributed by atoms with van der Waals surface area (Å²) in [5.74, 6) is -3.26. The molecular formula is C13H14F3NO3. The highest BCUT2D eigenvalue weighted by Gasteiger charge is 2.48. The fourth-order valence-electron chi connectivity index (χ4n) is 1.31. The maximum atomic E-state index is 12.5. The third-order valence-corrected chi connectivity index (χ3v) is 2.22. The third kappa shape index (κ3) is 3.97. The van der Waals surface area contributed by atoms with Crippen LogP contribution in [0, 0.1) is 0 Å². The number of hydrogen-bond acceptors (Lipinski definition) is 3. The lowest BCUT2D eigenvalue weighted by Crippen LogP contribution is -2.51. The zero-order valence-electron chi connectivity index (χ0n) is 11.2. The van der Waals surface area contributed by atoms with Crippen LogP contribution >= 0.6 is 0 Å². The number of carbonyl (C=O) groups is 2. The number of halogens is 3. The van der Waals surface area contributed by atoms with Crippen molar-refractivity contribution in [1.29, 1.82) is 0 Å². The first-order valence-electron chi connectivity index (χ1n) is 5.72. The number of hydrogen-bond donors (Lipinski definition) is 0. The largest absolute Gasteiger partial charge is 0.474 e. The Balaban J connectivity index is 2.98. The minimum atomic E-state index is -5.12. The van der Waals surface area contributed by atoms with Gasteiger partial charge < -0.3 is 4.84 Å². The molecule has 0 spiro atoms. The minimum Gasteiger partial charge on any atom is -0.332 e. The van der Waals surface area contributed by atoms with E-state index in [4.69, 9.17) is 0 Å². The van der Waals surface area contributed by atoms with Gasteiger partial charge in [0.2, 0.25) is 0 Å². The topological polar surface area (TPSA) is 46.6 Å². The molecule has 0 aliphatic carbocycles. The van der Waals surface area contributed by atoms with Crippen LogP contribution in [-0.2, 0) is 9.63 Å². The van der Waals surface area contributed by atoms with Crippen molar-refractivity contribution in [3.05, 3.63) is 35.9 Å². The fraction of sp³-hybridized carbons (Fsp3) is 0.385. The Morgan fingerprint density at radius 2 is 1.55 bits per heavy atom. The van der Waals surface area contributed by atoms with Crippen molar-refractivity contribution in [2.45, 2.75) is 32.5 Å². The monoisotopic (exact) mass is 289 g/mol. The second-order valence-corrected chi connectivity index (χ2v) is 5.01. The van der Waals surface area contributed by atoms with Crippen molar-refractivity contribution in [3.63, 3.8) is 0 Å². The van der Waals surface area contributed by atoms with E-state index >= 15 is 0 Å². The van der Waals surface area contributed by atoms with Crippen LogP contribution in [0.15, 0.2) is 30.3 Å². The van der Waals surface area contributed by atoms with Crippen LogP contribution in [0.1, 0.15) is 31.1 Å². The molecule has 0 aliphatic heterocycles. The average molecular weight is 289 g/mol. The molecule has 0 saturated carbocycles. The van der Waals surface area contributed by atoms with Gasteiger partial charge in [0.05, 0.1) is 11.1 Å². The molecule has 0 aromatic heterocycles. The van der Waals surface area contributed by atoms with Gasteiger partial charge in [-0.25, -0.2) is 4.79 Å². The molecule has 20 heavy (non-hydrogen) atoms. The third-order valence-electron chi connectivity index (χ3n) is 2.22. The van der Waals surface area contributed by atoms with Crippen molar-refractivity contribution in [1.82, 2.24) is 5.06 Å². The zero-order valence-corrected chi connectivity index (χ0v) is 11.2. The van der Waals surface area contributed by atoms with Gasteiger partial charge in [-0.15, -0.1) is 0 Å². The average Bonchev–Trinajstić information content (AvgIpc) is 2.33. The number of rotatable bonds is 1. The van der Waals surface area contributed by atoms with Gasteiger partial charge in [-0.05, 0) is 32.9 Å². The molecule has 1 amide bonds. The molecule has 0 aliphatic rings. The molecule has 0 bridgehead atoms. The summed E-state index contributed by atoms with van der Waals surface area (Å²) in [6, 6.07) is 7.45. The summed E-state index contributed by atoms with van der Waals surface area (Å²) >= 11 is 0. The summed E-state index contributed by atoms with van der Waals surface area (Å²) in [6.45, 7) is 3.98. The Labute approximate surface area is 114 Å². The predicted molar refractivity (Wildman–Crippen MR) is 64.5 cm³/mol. The second-order valence-electron chi connectivity index (χ2n) is 5.01. The van der Waals surface area contributed by atoms with Crippen LogP contribution in [0.5, 0.6) is 0 Å². The summed E-state index contributed by atoms with van der Waals surface area (Å²) in [4.78, 5) is 27.7. The maximum absolute atomic E-state index is 12.5. The van der Waals surface area contributed by atoms with E-state index in [0.29, 0.717) is 0 Å². The quantitative estimate of drug-likeness (QED) is 0.747. The first-order valence-corrected chi connectivity index (χ1v) is 5.72. The number of amides is 1. The van der Waals surface area contributed by atoms with E-state index in [0.717, 1.165) is 0 Å². The highest BCUT2D eigenvalue weighted by atomic mass is 19.4. The number of alkyl halides is 3. The van der Waals surface area contributed by atoms with E-state index in [2.05, 4.69) is 4.84 Å². The summed E-state index contributed by atoms with van der Waals surface area (Å²) < 4.78 is 37.5. The van der Waals surface area contributed by atoms with Gasteiger partial charge >= 0.3 is 18.1 Å². The fourth-order valence-corrected chi connectivity index (χ4v) is 1.31. The van der Waals surface area contributed by atoms with E-state index in [1.54, 1.807) is 6.07 Å². The Kier molecular flexibility index (Phi) is 4.42. The molecule has 0 radical (unpaired) electrons. The van der Waals surface area contributed by atoms with Crippen LogP contribution in [0.2, 0.25) is 0 Å². The van der Waals surface area contributed by atoms with Crippen LogP contribution in [0.3, 0.4) is 0 Å². The number of carbonyl (C=O) groups excluding carboxylic acids is 2. The molecule has 0 heterocycles. The first-order chi connectivity index (χ1) is 9.03. The van der Waals surface area contributed by atoms with Crippen molar-refractivity contribution < 1.29 is 27.6 Å². The van der Waals surface area contributed by atoms with Crippen molar-refractivity contribution in [2.75, 3.05) is 0 Å². The van der Waals surface area contributed by atoms with Crippen molar-refractivity contribution in [3.8, 4) is 0 Å². The summed E-state index contributed by atoms with van der Waals surface area (Å²) in [7, 11) is 0. The SMILES string of the molecule is CC(C)(C)N(OC(=O)c1ccccc1)C(=O)C(F)(F)F. The highest BCUT2D eigenvalue weighted by Crippen LogP contribution is 2.25. The van der Waals surface area contributed by atoms with Gasteiger partial charge in [0.25, 0.3) is 0 Å². The Morgan fingerprint density at radius 3 is 1.95 bits per heavy atom. The van der Waals surface area contributed by atoms with Gasteiger partial charge in [-0.3, -0.25) is 4.79 Å². The molecule has 1 aromatic carbocycles. The second kappa shape index (κ2) is 5.52. The first kappa shape index (κ1) is 16.0. The van der Waals surface area contributed by atoms with Gasteiger partial charge in [-0.1, -0.05) is 18.2 Å². The molecule has 0 saturated heterocycles. The Hall–Kier alpha value is -2.05. The van der Waals surface area contributed by atoms with Crippen LogP contribution < -0.4 is 0 Å². The molecule has 4 nitrogen and oxygen atoms in total. The van der Waals surface area contributed by atoms with E-state index in [9.17, 15) is 22.8 Å². The Bertz CT molecular complexity index is 492. The molecule has 1 aromatic rings. The van der Waals surface area contributed by atoms with Crippen molar-refractivity contribution in [2.24, 2.45) is 0 Å². The zero-order chi connectivity index (χ0) is 15.6. The standard InChI is InChI=1S/C13H14F3NO3/c1-12(2,3)17(11(19)13(14,15)16)20-10(18)9-7-5-4-6-8-9/h4-8H,1-3H3. The van der Waals surface area contributed by atoms with Gasteiger partial charge in [-0.2, -0.15) is 18.2 Å². The molecule has 7 heteroatoms. The van der Waals surface area contributed by atoms with Crippen LogP contribution in [0.4, 0.5) is 13.2 Å². The van der Waals surface area contributed by atoms with Crippen LogP contribution in [0.25, 0.3) is 0 Å². The maximum Gasteiger partial charge on any atom is 0.474 e. The lowest BCUT2D eigenvalue weighted by molar-refractivity contribution is -0.231. The summed E-state index contributed by atoms with van der Waals surface area (Å²) in [6.07, 6.45) is -5.12. The van der Waals surface area contributed by atoms with E-state index in [1.807, 2.05) is 0 Å². The molecule has 1 rings (SSSR count). The van der Waals surface area contributed by atoms with Crippen molar-refractivity contribution >= 4 is 11.9 Å². The van der Waals surface area contributed by atoms with Gasteiger partial charge in [0, 0.05) is 0 Å². The van der Waals surface area contributed by atoms with E-state index in [1.165, 1.54) is 45.0 Å². The van der Waals surface area contributed by atoms with Crippen LogP contribution in [-0.4, -0.2) is 28.7 Å². The normalized spacial score (nSPS) is 11.9.